The summed E-state index contributed by atoms with van der Waals surface area (Å²) in [5.41, 5.74) is 0.553. The number of thiazole rings is 1. The number of nitrogens with one attached hydrogen (secondary N) is 1. The largest absolute Gasteiger partial charge is 0.497 e. The SMILES string of the molecule is COc1ccc(OC)c(C(=O)Nc2nc3c(F)cccc3s2)c1. The van der Waals surface area contributed by atoms with Crippen LogP contribution < -0.4 is 14.8 Å². The van der Waals surface area contributed by atoms with E-state index in [4.69, 9.17) is 9.47 Å². The molecule has 0 spiro atoms. The van der Waals surface area contributed by atoms with Crippen molar-refractivity contribution >= 4 is 32.6 Å². The highest BCUT2D eigenvalue weighted by molar-refractivity contribution is 7.22. The normalized spacial score (nSPS) is 10.6. The Morgan fingerprint density at radius 3 is 2.74 bits per heavy atom. The first-order valence-electron chi connectivity index (χ1n) is 6.71. The zero-order valence-electron chi connectivity index (χ0n) is 12.4. The van der Waals surface area contributed by atoms with Crippen LogP contribution in [-0.4, -0.2) is 25.1 Å². The molecule has 7 heteroatoms. The van der Waals surface area contributed by atoms with Crippen LogP contribution in [0.4, 0.5) is 9.52 Å². The summed E-state index contributed by atoms with van der Waals surface area (Å²) in [6.45, 7) is 0. The van der Waals surface area contributed by atoms with Gasteiger partial charge in [0.1, 0.15) is 22.8 Å². The minimum absolute atomic E-state index is 0.241. The molecule has 1 N–H and O–H groups in total. The molecule has 1 aromatic heterocycles. The van der Waals surface area contributed by atoms with Gasteiger partial charge in [-0.15, -0.1) is 0 Å². The van der Waals surface area contributed by atoms with E-state index in [-0.39, 0.29) is 5.52 Å². The third kappa shape index (κ3) is 2.95. The smallest absolute Gasteiger partial charge is 0.261 e. The number of carbonyl (C=O) groups is 1. The third-order valence-corrected chi connectivity index (χ3v) is 4.18. The Hall–Kier alpha value is -2.67. The topological polar surface area (TPSA) is 60.5 Å². The second-order valence-corrected chi connectivity index (χ2v) is 5.66. The van der Waals surface area contributed by atoms with E-state index in [9.17, 15) is 9.18 Å². The Morgan fingerprint density at radius 1 is 1.22 bits per heavy atom. The summed E-state index contributed by atoms with van der Waals surface area (Å²) in [5, 5.41) is 2.99. The fraction of sp³-hybridized carbons (Fsp3) is 0.125. The molecule has 0 atom stereocenters. The van der Waals surface area contributed by atoms with Gasteiger partial charge in [0.2, 0.25) is 0 Å². The van der Waals surface area contributed by atoms with Gasteiger partial charge in [0.15, 0.2) is 5.13 Å². The first kappa shape index (κ1) is 15.2. The van der Waals surface area contributed by atoms with Crippen molar-refractivity contribution in [1.29, 1.82) is 0 Å². The lowest BCUT2D eigenvalue weighted by Gasteiger charge is -2.09. The molecule has 0 radical (unpaired) electrons. The van der Waals surface area contributed by atoms with Crippen molar-refractivity contribution in [2.24, 2.45) is 0 Å². The first-order valence-corrected chi connectivity index (χ1v) is 7.52. The standard InChI is InChI=1S/C16H13FN2O3S/c1-21-9-6-7-12(22-2)10(8-9)15(20)19-16-18-14-11(17)4-3-5-13(14)23-16/h3-8H,1-2H3,(H,18,19,20). The van der Waals surface area contributed by atoms with Crippen molar-refractivity contribution in [3.8, 4) is 11.5 Å². The molecule has 5 nitrogen and oxygen atoms in total. The van der Waals surface area contributed by atoms with Gasteiger partial charge in [-0.1, -0.05) is 17.4 Å². The van der Waals surface area contributed by atoms with Crippen molar-refractivity contribution in [1.82, 2.24) is 4.98 Å². The molecule has 0 fully saturated rings. The highest BCUT2D eigenvalue weighted by Gasteiger charge is 2.16. The van der Waals surface area contributed by atoms with Gasteiger partial charge in [-0.3, -0.25) is 10.1 Å². The Kier molecular flexibility index (Phi) is 4.12. The third-order valence-electron chi connectivity index (χ3n) is 3.24. The molecule has 3 rings (SSSR count). The Labute approximate surface area is 135 Å². The molecule has 1 amide bonds. The van der Waals surface area contributed by atoms with Crippen LogP contribution in [0.2, 0.25) is 0 Å². The summed E-state index contributed by atoms with van der Waals surface area (Å²) in [6.07, 6.45) is 0. The maximum absolute atomic E-state index is 13.7. The van der Waals surface area contributed by atoms with E-state index >= 15 is 0 Å². The van der Waals surface area contributed by atoms with Crippen LogP contribution in [0.3, 0.4) is 0 Å². The van der Waals surface area contributed by atoms with Gasteiger partial charge in [-0.05, 0) is 30.3 Å². The molecule has 118 valence electrons. The number of aromatic nitrogens is 1. The predicted octanol–water partition coefficient (Wildman–Crippen LogP) is 3.70. The molecule has 0 aliphatic rings. The summed E-state index contributed by atoms with van der Waals surface area (Å²) < 4.78 is 24.6. The lowest BCUT2D eigenvalue weighted by Crippen LogP contribution is -2.13. The van der Waals surface area contributed by atoms with E-state index in [1.54, 1.807) is 30.3 Å². The molecule has 2 aromatic carbocycles. The molecule has 0 bridgehead atoms. The van der Waals surface area contributed by atoms with Gasteiger partial charge < -0.3 is 9.47 Å². The Balaban J connectivity index is 1.92. The molecule has 0 aliphatic heterocycles. The van der Waals surface area contributed by atoms with E-state index in [2.05, 4.69) is 10.3 Å². The first-order chi connectivity index (χ1) is 11.1. The monoisotopic (exact) mass is 332 g/mol. The lowest BCUT2D eigenvalue weighted by atomic mass is 10.2. The summed E-state index contributed by atoms with van der Waals surface area (Å²) in [7, 11) is 2.99. The maximum atomic E-state index is 13.7. The maximum Gasteiger partial charge on any atom is 0.261 e. The minimum Gasteiger partial charge on any atom is -0.497 e. The fourth-order valence-electron chi connectivity index (χ4n) is 2.12. The number of anilines is 1. The molecule has 0 aliphatic carbocycles. The van der Waals surface area contributed by atoms with Crippen LogP contribution >= 0.6 is 11.3 Å². The van der Waals surface area contributed by atoms with Gasteiger partial charge in [0.05, 0.1) is 24.5 Å². The number of fused-ring (bicyclic) bond motifs is 1. The number of amides is 1. The van der Waals surface area contributed by atoms with Crippen molar-refractivity contribution in [2.45, 2.75) is 0 Å². The van der Waals surface area contributed by atoms with Crippen molar-refractivity contribution in [2.75, 3.05) is 19.5 Å². The zero-order chi connectivity index (χ0) is 16.4. The number of methoxy groups -OCH3 is 2. The summed E-state index contributed by atoms with van der Waals surface area (Å²) in [5.74, 6) is 0.125. The van der Waals surface area contributed by atoms with E-state index in [1.807, 2.05) is 0 Å². The molecule has 3 aromatic rings. The predicted molar refractivity (Wildman–Crippen MR) is 87.1 cm³/mol. The highest BCUT2D eigenvalue weighted by Crippen LogP contribution is 2.29. The summed E-state index contributed by atoms with van der Waals surface area (Å²) in [6, 6.07) is 9.60. The highest BCUT2D eigenvalue weighted by atomic mass is 32.1. The van der Waals surface area contributed by atoms with Crippen LogP contribution in [0.1, 0.15) is 10.4 Å². The summed E-state index contributed by atoms with van der Waals surface area (Å²) in [4.78, 5) is 16.6. The van der Waals surface area contributed by atoms with Gasteiger partial charge >= 0.3 is 0 Å². The number of nitrogens with zero attached hydrogens (tertiary/aromatic N) is 1. The van der Waals surface area contributed by atoms with Crippen LogP contribution in [0, 0.1) is 5.82 Å². The number of benzene rings is 2. The van der Waals surface area contributed by atoms with Gasteiger partial charge in [-0.25, -0.2) is 9.37 Å². The zero-order valence-corrected chi connectivity index (χ0v) is 13.2. The van der Waals surface area contributed by atoms with Gasteiger partial charge in [0.25, 0.3) is 5.91 Å². The number of hydrogen-bond acceptors (Lipinski definition) is 5. The van der Waals surface area contributed by atoms with E-state index < -0.39 is 11.7 Å². The Bertz CT molecular complexity index is 879. The minimum atomic E-state index is -0.418. The van der Waals surface area contributed by atoms with Crippen LogP contribution in [0.5, 0.6) is 11.5 Å². The van der Waals surface area contributed by atoms with Crippen molar-refractivity contribution < 1.29 is 18.7 Å². The van der Waals surface area contributed by atoms with Gasteiger partial charge in [-0.2, -0.15) is 0 Å². The quantitative estimate of drug-likeness (QED) is 0.791. The van der Waals surface area contributed by atoms with E-state index in [0.717, 1.165) is 0 Å². The lowest BCUT2D eigenvalue weighted by molar-refractivity contribution is 0.102. The van der Waals surface area contributed by atoms with E-state index in [0.29, 0.717) is 26.9 Å². The van der Waals surface area contributed by atoms with Crippen LogP contribution in [0.15, 0.2) is 36.4 Å². The van der Waals surface area contributed by atoms with Gasteiger partial charge in [0, 0.05) is 0 Å². The second-order valence-electron chi connectivity index (χ2n) is 4.63. The summed E-state index contributed by atoms with van der Waals surface area (Å²) >= 11 is 1.20. The molecular weight excluding hydrogens is 319 g/mol. The second kappa shape index (κ2) is 6.21. The van der Waals surface area contributed by atoms with Crippen molar-refractivity contribution in [3.63, 3.8) is 0 Å². The fourth-order valence-corrected chi connectivity index (χ4v) is 3.00. The molecule has 1 heterocycles. The Morgan fingerprint density at radius 2 is 2.04 bits per heavy atom. The molecule has 0 saturated carbocycles. The molecular formula is C16H13FN2O3S. The number of rotatable bonds is 4. The number of ether oxygens (including phenoxy) is 2. The molecule has 23 heavy (non-hydrogen) atoms. The van der Waals surface area contributed by atoms with Crippen LogP contribution in [0.25, 0.3) is 10.2 Å². The molecule has 0 unspecified atom stereocenters. The number of halogens is 1. The number of para-hydroxylation sites is 1. The number of hydrogen-bond donors (Lipinski definition) is 1. The molecule has 0 saturated heterocycles. The average Bonchev–Trinajstić information content (AvgIpc) is 2.98. The van der Waals surface area contributed by atoms with Crippen LogP contribution in [-0.2, 0) is 0 Å². The van der Waals surface area contributed by atoms with Crippen molar-refractivity contribution in [3.05, 3.63) is 47.8 Å². The number of carbonyl (C=O) groups excluding carboxylic acids is 1. The average molecular weight is 332 g/mol. The van der Waals surface area contributed by atoms with E-state index in [1.165, 1.54) is 31.6 Å².